The number of aryl methyl sites for hydroxylation is 1. The maximum atomic E-state index is 12.4. The molecule has 1 atom stereocenters. The number of aromatic nitrogens is 4. The number of fused-ring (bicyclic) bond motifs is 2. The van der Waals surface area contributed by atoms with Gasteiger partial charge in [0.15, 0.2) is 0 Å². The number of H-pyrrole nitrogens is 1. The Kier molecular flexibility index (Phi) is 4.42. The number of nitrogens with one attached hydrogen (secondary N) is 2. The zero-order chi connectivity index (χ0) is 18.8. The molecule has 7 nitrogen and oxygen atoms in total. The number of carbonyl (C=O) groups is 1. The molecule has 0 aliphatic heterocycles. The second kappa shape index (κ2) is 7.03. The van der Waals surface area contributed by atoms with Gasteiger partial charge in [-0.1, -0.05) is 24.3 Å². The largest absolute Gasteiger partial charge is 0.346 e. The van der Waals surface area contributed by atoms with Crippen molar-refractivity contribution in [3.05, 3.63) is 70.8 Å². The van der Waals surface area contributed by atoms with Crippen LogP contribution in [0.2, 0.25) is 0 Å². The van der Waals surface area contributed by atoms with Gasteiger partial charge in [-0.2, -0.15) is 5.10 Å². The third-order valence-electron chi connectivity index (χ3n) is 4.51. The van der Waals surface area contributed by atoms with Gasteiger partial charge in [0, 0.05) is 11.8 Å². The van der Waals surface area contributed by atoms with Crippen LogP contribution in [0.3, 0.4) is 0 Å². The number of benzene rings is 2. The van der Waals surface area contributed by atoms with Crippen LogP contribution in [0.5, 0.6) is 0 Å². The molecule has 2 heterocycles. The highest BCUT2D eigenvalue weighted by molar-refractivity contribution is 5.79. The van der Waals surface area contributed by atoms with Gasteiger partial charge in [-0.3, -0.25) is 14.3 Å². The lowest BCUT2D eigenvalue weighted by atomic mass is 10.2. The number of hydrogen-bond acceptors (Lipinski definition) is 4. The van der Waals surface area contributed by atoms with Gasteiger partial charge in [0.25, 0.3) is 0 Å². The summed E-state index contributed by atoms with van der Waals surface area (Å²) < 4.78 is 1.68. The lowest BCUT2D eigenvalue weighted by molar-refractivity contribution is -0.122. The van der Waals surface area contributed by atoms with E-state index >= 15 is 0 Å². The molecule has 0 saturated carbocycles. The van der Waals surface area contributed by atoms with E-state index in [0.29, 0.717) is 11.9 Å². The highest BCUT2D eigenvalue weighted by Crippen LogP contribution is 2.15. The van der Waals surface area contributed by atoms with Crippen LogP contribution < -0.4 is 10.7 Å². The monoisotopic (exact) mass is 361 g/mol. The Balaban J connectivity index is 1.44. The molecule has 2 N–H and O–H groups in total. The molecule has 0 radical (unpaired) electrons. The second-order valence-corrected chi connectivity index (χ2v) is 6.43. The zero-order valence-corrected chi connectivity index (χ0v) is 14.8. The maximum Gasteiger partial charge on any atom is 0.222 e. The molecular formula is C20H19N5O2. The van der Waals surface area contributed by atoms with E-state index in [1.807, 2.05) is 49.4 Å². The molecule has 2 aromatic carbocycles. The Bertz CT molecular complexity index is 1140. The lowest BCUT2D eigenvalue weighted by Crippen LogP contribution is -2.28. The molecule has 0 fully saturated rings. The number of nitrogens with zero attached hydrogens (tertiary/aromatic N) is 3. The van der Waals surface area contributed by atoms with Crippen LogP contribution in [-0.4, -0.2) is 25.7 Å². The average molecular weight is 361 g/mol. The van der Waals surface area contributed by atoms with Gasteiger partial charge in [-0.15, -0.1) is 0 Å². The fraction of sp³-hybridized carbons (Fsp3) is 0.200. The highest BCUT2D eigenvalue weighted by atomic mass is 16.1. The number of hydrogen-bond donors (Lipinski definition) is 2. The number of aromatic amines is 1. The van der Waals surface area contributed by atoms with Crippen LogP contribution in [0.4, 0.5) is 0 Å². The van der Waals surface area contributed by atoms with Crippen LogP contribution in [0.25, 0.3) is 21.9 Å². The number of carbonyl (C=O) groups excluding carboxylic acids is 1. The van der Waals surface area contributed by atoms with Crippen LogP contribution in [0, 0.1) is 0 Å². The van der Waals surface area contributed by atoms with Crippen LogP contribution >= 0.6 is 0 Å². The normalized spacial score (nSPS) is 12.3. The van der Waals surface area contributed by atoms with Gasteiger partial charge < -0.3 is 10.3 Å². The van der Waals surface area contributed by atoms with Crippen LogP contribution in [-0.2, 0) is 11.3 Å². The van der Waals surface area contributed by atoms with Gasteiger partial charge in [-0.25, -0.2) is 4.98 Å². The van der Waals surface area contributed by atoms with E-state index < -0.39 is 0 Å². The Hall–Kier alpha value is -3.48. The van der Waals surface area contributed by atoms with Crippen molar-refractivity contribution in [3.8, 4) is 0 Å². The van der Waals surface area contributed by atoms with E-state index in [4.69, 9.17) is 0 Å². The third kappa shape index (κ3) is 3.44. The quantitative estimate of drug-likeness (QED) is 0.571. The van der Waals surface area contributed by atoms with Crippen molar-refractivity contribution in [2.24, 2.45) is 0 Å². The Morgan fingerprint density at radius 2 is 1.96 bits per heavy atom. The van der Waals surface area contributed by atoms with Crippen molar-refractivity contribution in [2.45, 2.75) is 25.9 Å². The van der Waals surface area contributed by atoms with E-state index in [1.54, 1.807) is 10.7 Å². The van der Waals surface area contributed by atoms with Gasteiger partial charge >= 0.3 is 0 Å². The van der Waals surface area contributed by atoms with Crippen molar-refractivity contribution in [3.63, 3.8) is 0 Å². The second-order valence-electron chi connectivity index (χ2n) is 6.43. The third-order valence-corrected chi connectivity index (χ3v) is 4.51. The van der Waals surface area contributed by atoms with Crippen molar-refractivity contribution >= 4 is 27.8 Å². The smallest absolute Gasteiger partial charge is 0.222 e. The topological polar surface area (TPSA) is 92.7 Å². The summed E-state index contributed by atoms with van der Waals surface area (Å²) >= 11 is 0. The first-order valence-electron chi connectivity index (χ1n) is 8.81. The van der Waals surface area contributed by atoms with E-state index in [9.17, 15) is 9.59 Å². The zero-order valence-electron chi connectivity index (χ0n) is 14.8. The van der Waals surface area contributed by atoms with E-state index in [0.717, 1.165) is 22.4 Å². The summed E-state index contributed by atoms with van der Waals surface area (Å²) in [6.07, 6.45) is 1.54. The minimum absolute atomic E-state index is 0.104. The molecule has 1 amide bonds. The molecule has 0 aliphatic carbocycles. The summed E-state index contributed by atoms with van der Waals surface area (Å²) in [5, 5.41) is 7.70. The Morgan fingerprint density at radius 1 is 1.19 bits per heavy atom. The van der Waals surface area contributed by atoms with E-state index in [1.165, 1.54) is 6.20 Å². The fourth-order valence-electron chi connectivity index (χ4n) is 3.11. The van der Waals surface area contributed by atoms with E-state index in [-0.39, 0.29) is 23.8 Å². The Labute approximate surface area is 155 Å². The van der Waals surface area contributed by atoms with Crippen LogP contribution in [0.1, 0.15) is 25.2 Å². The first kappa shape index (κ1) is 17.0. The standard InChI is InChI=1S/C20H19N5O2/c1-13(20-23-15-7-3-4-8-16(15)24-20)22-19(27)10-11-25-17-9-5-2-6-14(17)18(26)12-21-25/h2-9,12-13H,10-11H2,1H3,(H,22,27)(H,23,24)/t13-/m0/s1. The summed E-state index contributed by atoms with van der Waals surface area (Å²) in [5.41, 5.74) is 2.42. The average Bonchev–Trinajstić information content (AvgIpc) is 3.12. The SMILES string of the molecule is C[C@H](NC(=O)CCn1ncc(=O)c2ccccc21)c1nc2ccccc2[nH]1. The first-order valence-corrected chi connectivity index (χ1v) is 8.81. The van der Waals surface area contributed by atoms with Crippen LogP contribution in [0.15, 0.2) is 59.5 Å². The first-order chi connectivity index (χ1) is 13.1. The molecule has 2 aromatic heterocycles. The maximum absolute atomic E-state index is 12.4. The molecule has 0 aliphatic rings. The molecule has 136 valence electrons. The molecule has 4 rings (SSSR count). The molecule has 4 aromatic rings. The van der Waals surface area contributed by atoms with Gasteiger partial charge in [-0.05, 0) is 31.2 Å². The minimum atomic E-state index is -0.233. The summed E-state index contributed by atoms with van der Waals surface area (Å²) in [5.74, 6) is 0.615. The molecule has 0 bridgehead atoms. The van der Waals surface area contributed by atoms with Crippen molar-refractivity contribution in [1.82, 2.24) is 25.1 Å². The van der Waals surface area contributed by atoms with Gasteiger partial charge in [0.05, 0.1) is 35.3 Å². The number of imidazole rings is 1. The number of amides is 1. The highest BCUT2D eigenvalue weighted by Gasteiger charge is 2.14. The predicted octanol–water partition coefficient (Wildman–Crippen LogP) is 2.54. The van der Waals surface area contributed by atoms with Gasteiger partial charge in [0.2, 0.25) is 11.3 Å². The van der Waals surface area contributed by atoms with Crippen molar-refractivity contribution in [2.75, 3.05) is 0 Å². The minimum Gasteiger partial charge on any atom is -0.346 e. The molecule has 27 heavy (non-hydrogen) atoms. The number of para-hydroxylation sites is 3. The molecule has 0 unspecified atom stereocenters. The lowest BCUT2D eigenvalue weighted by Gasteiger charge is -2.13. The van der Waals surface area contributed by atoms with Crippen molar-refractivity contribution in [1.29, 1.82) is 0 Å². The molecule has 0 saturated heterocycles. The van der Waals surface area contributed by atoms with E-state index in [2.05, 4.69) is 20.4 Å². The number of rotatable bonds is 5. The van der Waals surface area contributed by atoms with Gasteiger partial charge in [0.1, 0.15) is 5.82 Å². The molecule has 0 spiro atoms. The Morgan fingerprint density at radius 3 is 2.81 bits per heavy atom. The summed E-state index contributed by atoms with van der Waals surface area (Å²) in [6, 6.07) is 14.8. The van der Waals surface area contributed by atoms with Crippen molar-refractivity contribution < 1.29 is 4.79 Å². The molecule has 7 heteroatoms. The fourth-order valence-corrected chi connectivity index (χ4v) is 3.11. The summed E-state index contributed by atoms with van der Waals surface area (Å²) in [7, 11) is 0. The summed E-state index contributed by atoms with van der Waals surface area (Å²) in [4.78, 5) is 32.0. The molecular weight excluding hydrogens is 342 g/mol. The predicted molar refractivity (Wildman–Crippen MR) is 103 cm³/mol. The summed E-state index contributed by atoms with van der Waals surface area (Å²) in [6.45, 7) is 2.28.